The van der Waals surface area contributed by atoms with Gasteiger partial charge in [-0.3, -0.25) is 9.20 Å². The Kier molecular flexibility index (Phi) is 4.94. The van der Waals surface area contributed by atoms with Crippen LogP contribution in [-0.4, -0.2) is 20.3 Å². The highest BCUT2D eigenvalue weighted by atomic mass is 16.5. The number of rotatable bonds is 6. The Morgan fingerprint density at radius 3 is 2.86 bits per heavy atom. The number of aromatic nitrogens is 3. The molecule has 1 amide bonds. The number of fused-ring (bicyclic) bond motifs is 1. The van der Waals surface area contributed by atoms with E-state index in [4.69, 9.17) is 4.74 Å². The maximum Gasteiger partial charge on any atom is 0.247 e. The number of nitrogens with zero attached hydrogens (tertiary/aromatic N) is 3. The highest BCUT2D eigenvalue weighted by Gasteiger charge is 2.11. The Morgan fingerprint density at radius 1 is 1.17 bits per heavy atom. The van der Waals surface area contributed by atoms with Gasteiger partial charge in [-0.25, -0.2) is 9.97 Å². The first kappa shape index (κ1) is 18.2. The Labute approximate surface area is 167 Å². The molecular weight excluding hydrogens is 366 g/mol. The molecule has 144 valence electrons. The molecule has 0 saturated heterocycles. The monoisotopic (exact) mass is 385 g/mol. The number of hydrogen-bond donors (Lipinski definition) is 2. The van der Waals surface area contributed by atoms with E-state index in [2.05, 4.69) is 27.2 Å². The van der Waals surface area contributed by atoms with Gasteiger partial charge in [0.25, 0.3) is 0 Å². The van der Waals surface area contributed by atoms with Crippen LogP contribution in [-0.2, 0) is 4.79 Å². The summed E-state index contributed by atoms with van der Waals surface area (Å²) in [7, 11) is 0. The molecule has 0 aliphatic rings. The average Bonchev–Trinajstić information content (AvgIpc) is 3.22. The molecule has 4 aromatic rings. The molecule has 7 nitrogen and oxygen atoms in total. The molecule has 0 saturated carbocycles. The standard InChI is InChI=1S/C22H19N5O2/c1-3-20(28)25-16-8-6-9-17(11-16)29-21-13-24-22(19-12-23-14-27(19)21)26-18-10-5-4-7-15(18)2/h3-14H,1H2,2H3,(H,24,26)(H,25,28). The van der Waals surface area contributed by atoms with Gasteiger partial charge in [0, 0.05) is 17.4 Å². The SMILES string of the molecule is C=CC(=O)Nc1cccc(Oc2cnc(Nc3ccccc3C)c3cncn23)c1. The molecule has 0 fully saturated rings. The molecule has 0 aliphatic heterocycles. The Hall–Kier alpha value is -4.13. The fourth-order valence-corrected chi connectivity index (χ4v) is 2.86. The number of aryl methyl sites for hydroxylation is 1. The first-order chi connectivity index (χ1) is 14.1. The molecule has 2 aromatic carbocycles. The highest BCUT2D eigenvalue weighted by Crippen LogP contribution is 2.28. The van der Waals surface area contributed by atoms with Crippen molar-refractivity contribution < 1.29 is 9.53 Å². The molecule has 0 radical (unpaired) electrons. The van der Waals surface area contributed by atoms with Crippen molar-refractivity contribution >= 4 is 28.6 Å². The zero-order valence-corrected chi connectivity index (χ0v) is 15.8. The van der Waals surface area contributed by atoms with Gasteiger partial charge < -0.3 is 15.4 Å². The van der Waals surface area contributed by atoms with Crippen LogP contribution in [0.15, 0.2) is 79.9 Å². The Morgan fingerprint density at radius 2 is 2.03 bits per heavy atom. The van der Waals surface area contributed by atoms with Crippen molar-refractivity contribution in [3.8, 4) is 11.6 Å². The van der Waals surface area contributed by atoms with Crippen molar-refractivity contribution in [1.82, 2.24) is 14.4 Å². The number of imidazole rings is 1. The predicted molar refractivity (Wildman–Crippen MR) is 113 cm³/mol. The number of hydrogen-bond acceptors (Lipinski definition) is 5. The summed E-state index contributed by atoms with van der Waals surface area (Å²) in [5.41, 5.74) is 3.48. The van der Waals surface area contributed by atoms with Crippen molar-refractivity contribution in [2.45, 2.75) is 6.92 Å². The van der Waals surface area contributed by atoms with E-state index in [0.717, 1.165) is 16.8 Å². The lowest BCUT2D eigenvalue weighted by Gasteiger charge is -2.13. The first-order valence-electron chi connectivity index (χ1n) is 8.99. The summed E-state index contributed by atoms with van der Waals surface area (Å²) in [6.07, 6.45) is 6.23. The van der Waals surface area contributed by atoms with Crippen molar-refractivity contribution in [3.05, 3.63) is 85.5 Å². The van der Waals surface area contributed by atoms with E-state index in [-0.39, 0.29) is 5.91 Å². The average molecular weight is 385 g/mol. The van der Waals surface area contributed by atoms with Gasteiger partial charge in [-0.1, -0.05) is 30.8 Å². The third-order valence-electron chi connectivity index (χ3n) is 4.33. The summed E-state index contributed by atoms with van der Waals surface area (Å²) in [5.74, 6) is 1.45. The minimum atomic E-state index is -0.285. The van der Waals surface area contributed by atoms with Gasteiger partial charge in [0.15, 0.2) is 5.82 Å². The minimum Gasteiger partial charge on any atom is -0.439 e. The maximum atomic E-state index is 11.5. The van der Waals surface area contributed by atoms with Crippen LogP contribution >= 0.6 is 0 Å². The Balaban J connectivity index is 1.62. The lowest BCUT2D eigenvalue weighted by molar-refractivity contribution is -0.111. The van der Waals surface area contributed by atoms with Crippen LogP contribution in [0.25, 0.3) is 5.52 Å². The minimum absolute atomic E-state index is 0.285. The fraction of sp³-hybridized carbons (Fsp3) is 0.0455. The third-order valence-corrected chi connectivity index (χ3v) is 4.33. The number of benzene rings is 2. The molecular formula is C22H19N5O2. The van der Waals surface area contributed by atoms with Gasteiger partial charge >= 0.3 is 0 Å². The molecule has 29 heavy (non-hydrogen) atoms. The van der Waals surface area contributed by atoms with Crippen molar-refractivity contribution in [2.24, 2.45) is 0 Å². The smallest absolute Gasteiger partial charge is 0.247 e. The lowest BCUT2D eigenvalue weighted by Crippen LogP contribution is -2.07. The molecule has 2 N–H and O–H groups in total. The van der Waals surface area contributed by atoms with Gasteiger partial charge in [-0.15, -0.1) is 0 Å². The van der Waals surface area contributed by atoms with Crippen LogP contribution in [0.2, 0.25) is 0 Å². The van der Waals surface area contributed by atoms with Crippen molar-refractivity contribution in [2.75, 3.05) is 10.6 Å². The fourth-order valence-electron chi connectivity index (χ4n) is 2.86. The van der Waals surface area contributed by atoms with E-state index in [1.54, 1.807) is 43.0 Å². The summed E-state index contributed by atoms with van der Waals surface area (Å²) >= 11 is 0. The number of nitrogens with one attached hydrogen (secondary N) is 2. The zero-order valence-electron chi connectivity index (χ0n) is 15.8. The Bertz CT molecular complexity index is 1200. The molecule has 4 rings (SSSR count). The molecule has 2 aromatic heterocycles. The normalized spacial score (nSPS) is 10.5. The lowest BCUT2D eigenvalue weighted by atomic mass is 10.2. The summed E-state index contributed by atoms with van der Waals surface area (Å²) in [6, 6.07) is 15.1. The van der Waals surface area contributed by atoms with E-state index in [0.29, 0.717) is 23.1 Å². The van der Waals surface area contributed by atoms with E-state index < -0.39 is 0 Å². The summed E-state index contributed by atoms with van der Waals surface area (Å²) in [5, 5.41) is 6.06. The summed E-state index contributed by atoms with van der Waals surface area (Å²) in [4.78, 5) is 20.2. The number of carbonyl (C=O) groups excluding carboxylic acids is 1. The van der Waals surface area contributed by atoms with Crippen molar-refractivity contribution in [3.63, 3.8) is 0 Å². The summed E-state index contributed by atoms with van der Waals surface area (Å²) < 4.78 is 7.80. The second kappa shape index (κ2) is 7.85. The number of para-hydroxylation sites is 1. The second-order valence-corrected chi connectivity index (χ2v) is 6.36. The largest absolute Gasteiger partial charge is 0.439 e. The third kappa shape index (κ3) is 3.93. The van der Waals surface area contributed by atoms with Gasteiger partial charge in [0.2, 0.25) is 11.8 Å². The molecule has 0 bridgehead atoms. The van der Waals surface area contributed by atoms with E-state index in [1.807, 2.05) is 35.6 Å². The van der Waals surface area contributed by atoms with E-state index in [9.17, 15) is 4.79 Å². The molecule has 0 spiro atoms. The van der Waals surface area contributed by atoms with Crippen LogP contribution in [0.1, 0.15) is 5.56 Å². The summed E-state index contributed by atoms with van der Waals surface area (Å²) in [6.45, 7) is 5.48. The van der Waals surface area contributed by atoms with Crippen LogP contribution in [0.3, 0.4) is 0 Å². The van der Waals surface area contributed by atoms with Crippen LogP contribution in [0, 0.1) is 6.92 Å². The zero-order chi connectivity index (χ0) is 20.2. The number of carbonyl (C=O) groups is 1. The molecule has 2 heterocycles. The van der Waals surface area contributed by atoms with Crippen LogP contribution in [0.4, 0.5) is 17.2 Å². The highest BCUT2D eigenvalue weighted by molar-refractivity contribution is 5.98. The van der Waals surface area contributed by atoms with E-state index in [1.165, 1.54) is 6.08 Å². The van der Waals surface area contributed by atoms with Gasteiger partial charge in [0.05, 0.1) is 12.4 Å². The number of ether oxygens (including phenoxy) is 1. The quantitative estimate of drug-likeness (QED) is 0.470. The van der Waals surface area contributed by atoms with Crippen LogP contribution in [0.5, 0.6) is 11.6 Å². The van der Waals surface area contributed by atoms with Crippen molar-refractivity contribution in [1.29, 1.82) is 0 Å². The topological polar surface area (TPSA) is 80.5 Å². The number of amides is 1. The maximum absolute atomic E-state index is 11.5. The predicted octanol–water partition coefficient (Wildman–Crippen LogP) is 4.70. The second-order valence-electron chi connectivity index (χ2n) is 6.36. The van der Waals surface area contributed by atoms with Gasteiger partial charge in [-0.05, 0) is 36.8 Å². The van der Waals surface area contributed by atoms with E-state index >= 15 is 0 Å². The molecule has 7 heteroatoms. The van der Waals surface area contributed by atoms with Gasteiger partial charge in [-0.2, -0.15) is 0 Å². The van der Waals surface area contributed by atoms with Gasteiger partial charge in [0.1, 0.15) is 17.6 Å². The first-order valence-corrected chi connectivity index (χ1v) is 8.99. The molecule has 0 unspecified atom stereocenters. The molecule has 0 aliphatic carbocycles. The molecule has 0 atom stereocenters. The number of anilines is 3. The van der Waals surface area contributed by atoms with Crippen LogP contribution < -0.4 is 15.4 Å².